The van der Waals surface area contributed by atoms with Crippen LogP contribution in [-0.2, 0) is 0 Å². The topological polar surface area (TPSA) is 41.6 Å². The van der Waals surface area contributed by atoms with Crippen LogP contribution in [0.25, 0.3) is 0 Å². The summed E-state index contributed by atoms with van der Waals surface area (Å²) in [6, 6.07) is 7.36. The molecule has 4 nitrogen and oxygen atoms in total. The van der Waals surface area contributed by atoms with E-state index >= 15 is 0 Å². The number of nitrogens with one attached hydrogen (secondary N) is 1. The second-order valence-electron chi connectivity index (χ2n) is 4.74. The Bertz CT molecular complexity index is 414. The van der Waals surface area contributed by atoms with Crippen molar-refractivity contribution in [2.24, 2.45) is 5.92 Å². The summed E-state index contributed by atoms with van der Waals surface area (Å²) >= 11 is 0. The van der Waals surface area contributed by atoms with Crippen LogP contribution in [0, 0.1) is 5.92 Å². The number of carbonyl (C=O) groups excluding carboxylic acids is 1. The van der Waals surface area contributed by atoms with Gasteiger partial charge in [-0.15, -0.1) is 0 Å². The zero-order chi connectivity index (χ0) is 13.0. The fourth-order valence-electron chi connectivity index (χ4n) is 2.37. The Hall–Kier alpha value is -1.55. The van der Waals surface area contributed by atoms with Crippen LogP contribution in [0.1, 0.15) is 16.8 Å². The molecule has 0 spiro atoms. The van der Waals surface area contributed by atoms with E-state index in [9.17, 15) is 4.79 Å². The van der Waals surface area contributed by atoms with Gasteiger partial charge in [0.05, 0.1) is 12.7 Å². The van der Waals surface area contributed by atoms with E-state index in [-0.39, 0.29) is 5.91 Å². The first kappa shape index (κ1) is 12.9. The van der Waals surface area contributed by atoms with Gasteiger partial charge in [0.15, 0.2) is 0 Å². The van der Waals surface area contributed by atoms with Crippen molar-refractivity contribution in [1.82, 2.24) is 10.2 Å². The zero-order valence-corrected chi connectivity index (χ0v) is 11.0. The predicted molar refractivity (Wildman–Crippen MR) is 70.9 cm³/mol. The number of ether oxygens (including phenoxy) is 1. The van der Waals surface area contributed by atoms with Crippen molar-refractivity contribution in [3.05, 3.63) is 29.8 Å². The second kappa shape index (κ2) is 5.87. The van der Waals surface area contributed by atoms with Gasteiger partial charge in [-0.1, -0.05) is 12.1 Å². The molecule has 1 fully saturated rings. The summed E-state index contributed by atoms with van der Waals surface area (Å²) in [4.78, 5) is 14.1. The standard InChI is InChI=1S/C14H20N2O2/c1-16(10-11-7-8-15-9-11)14(17)12-5-3-4-6-13(12)18-2/h3-6,11,15H,7-10H2,1-2H3. The van der Waals surface area contributed by atoms with Gasteiger partial charge in [0, 0.05) is 13.6 Å². The van der Waals surface area contributed by atoms with Crippen LogP contribution in [0.3, 0.4) is 0 Å². The lowest BCUT2D eigenvalue weighted by molar-refractivity contribution is 0.0772. The van der Waals surface area contributed by atoms with Crippen LogP contribution in [0.5, 0.6) is 5.75 Å². The van der Waals surface area contributed by atoms with Gasteiger partial charge in [0.2, 0.25) is 0 Å². The molecule has 1 unspecified atom stereocenters. The predicted octanol–water partition coefficient (Wildman–Crippen LogP) is 1.38. The van der Waals surface area contributed by atoms with Crippen molar-refractivity contribution in [2.75, 3.05) is 33.8 Å². The summed E-state index contributed by atoms with van der Waals surface area (Å²) in [7, 11) is 3.44. The number of benzene rings is 1. The molecule has 0 bridgehead atoms. The van der Waals surface area contributed by atoms with Gasteiger partial charge in [0.25, 0.3) is 5.91 Å². The molecule has 1 aliphatic heterocycles. The van der Waals surface area contributed by atoms with Gasteiger partial charge in [-0.05, 0) is 37.6 Å². The third-order valence-electron chi connectivity index (χ3n) is 3.38. The summed E-state index contributed by atoms with van der Waals surface area (Å²) < 4.78 is 5.23. The lowest BCUT2D eigenvalue weighted by atomic mass is 10.1. The molecule has 0 aliphatic carbocycles. The average Bonchev–Trinajstić information content (AvgIpc) is 2.90. The maximum absolute atomic E-state index is 12.3. The fourth-order valence-corrected chi connectivity index (χ4v) is 2.37. The molecule has 1 aliphatic rings. The molecule has 1 N–H and O–H groups in total. The minimum absolute atomic E-state index is 0.0272. The van der Waals surface area contributed by atoms with Crippen LogP contribution in [-0.4, -0.2) is 44.6 Å². The summed E-state index contributed by atoms with van der Waals surface area (Å²) in [5.41, 5.74) is 0.633. The maximum Gasteiger partial charge on any atom is 0.257 e. The van der Waals surface area contributed by atoms with Gasteiger partial charge < -0.3 is 15.0 Å². The third-order valence-corrected chi connectivity index (χ3v) is 3.38. The van der Waals surface area contributed by atoms with Crippen molar-refractivity contribution in [1.29, 1.82) is 0 Å². The molecule has 1 amide bonds. The highest BCUT2D eigenvalue weighted by molar-refractivity contribution is 5.96. The summed E-state index contributed by atoms with van der Waals surface area (Å²) in [6.45, 7) is 2.86. The van der Waals surface area contributed by atoms with Crippen LogP contribution < -0.4 is 10.1 Å². The lowest BCUT2D eigenvalue weighted by Crippen LogP contribution is -2.32. The Morgan fingerprint density at radius 3 is 2.94 bits per heavy atom. The summed E-state index contributed by atoms with van der Waals surface area (Å²) in [5.74, 6) is 1.23. The van der Waals surface area contributed by atoms with Crippen molar-refractivity contribution < 1.29 is 9.53 Å². The number of para-hydroxylation sites is 1. The van der Waals surface area contributed by atoms with Crippen LogP contribution in [0.4, 0.5) is 0 Å². The Kier molecular flexibility index (Phi) is 4.20. The van der Waals surface area contributed by atoms with Crippen molar-refractivity contribution in [3.63, 3.8) is 0 Å². The Morgan fingerprint density at radius 1 is 1.50 bits per heavy atom. The number of nitrogens with zero attached hydrogens (tertiary/aromatic N) is 1. The smallest absolute Gasteiger partial charge is 0.257 e. The van der Waals surface area contributed by atoms with Crippen LogP contribution in [0.15, 0.2) is 24.3 Å². The Labute approximate surface area is 108 Å². The molecule has 1 heterocycles. The molecule has 98 valence electrons. The SMILES string of the molecule is COc1ccccc1C(=O)N(C)CC1CCNC1. The van der Waals surface area contributed by atoms with E-state index in [1.807, 2.05) is 31.3 Å². The number of amides is 1. The molecule has 1 aromatic rings. The van der Waals surface area contributed by atoms with Gasteiger partial charge in [-0.25, -0.2) is 0 Å². The minimum Gasteiger partial charge on any atom is -0.496 e. The third kappa shape index (κ3) is 2.82. The quantitative estimate of drug-likeness (QED) is 0.875. The average molecular weight is 248 g/mol. The van der Waals surface area contributed by atoms with E-state index in [2.05, 4.69) is 5.32 Å². The fraction of sp³-hybridized carbons (Fsp3) is 0.500. The van der Waals surface area contributed by atoms with Crippen LogP contribution in [0.2, 0.25) is 0 Å². The summed E-state index contributed by atoms with van der Waals surface area (Å²) in [6.07, 6.45) is 1.14. The van der Waals surface area contributed by atoms with Crippen molar-refractivity contribution >= 4 is 5.91 Å². The number of rotatable bonds is 4. The molecule has 4 heteroatoms. The van der Waals surface area contributed by atoms with Gasteiger partial charge >= 0.3 is 0 Å². The Morgan fingerprint density at radius 2 is 2.28 bits per heavy atom. The summed E-state index contributed by atoms with van der Waals surface area (Å²) in [5, 5.41) is 3.32. The normalized spacial score (nSPS) is 18.7. The van der Waals surface area contributed by atoms with E-state index in [4.69, 9.17) is 4.74 Å². The monoisotopic (exact) mass is 248 g/mol. The molecule has 1 aromatic carbocycles. The second-order valence-corrected chi connectivity index (χ2v) is 4.74. The Balaban J connectivity index is 2.05. The maximum atomic E-state index is 12.3. The van der Waals surface area contributed by atoms with Gasteiger partial charge in [-0.3, -0.25) is 4.79 Å². The highest BCUT2D eigenvalue weighted by atomic mass is 16.5. The number of methoxy groups -OCH3 is 1. The number of hydrogen-bond donors (Lipinski definition) is 1. The van der Waals surface area contributed by atoms with Crippen molar-refractivity contribution in [2.45, 2.75) is 6.42 Å². The van der Waals surface area contributed by atoms with E-state index in [0.29, 0.717) is 17.2 Å². The molecule has 0 saturated carbocycles. The first-order valence-electron chi connectivity index (χ1n) is 6.31. The number of carbonyl (C=O) groups is 1. The first-order valence-corrected chi connectivity index (χ1v) is 6.31. The first-order chi connectivity index (χ1) is 8.72. The van der Waals surface area contributed by atoms with Crippen LogP contribution >= 0.6 is 0 Å². The van der Waals surface area contributed by atoms with E-state index in [1.165, 1.54) is 0 Å². The van der Waals surface area contributed by atoms with E-state index in [0.717, 1.165) is 26.1 Å². The number of hydrogen-bond acceptors (Lipinski definition) is 3. The molecule has 1 atom stereocenters. The molecular weight excluding hydrogens is 228 g/mol. The zero-order valence-electron chi connectivity index (χ0n) is 11.0. The van der Waals surface area contributed by atoms with E-state index < -0.39 is 0 Å². The van der Waals surface area contributed by atoms with Gasteiger partial charge in [-0.2, -0.15) is 0 Å². The van der Waals surface area contributed by atoms with E-state index in [1.54, 1.807) is 12.0 Å². The van der Waals surface area contributed by atoms with Gasteiger partial charge in [0.1, 0.15) is 5.75 Å². The minimum atomic E-state index is 0.0272. The molecule has 0 aromatic heterocycles. The molecule has 2 rings (SSSR count). The highest BCUT2D eigenvalue weighted by Gasteiger charge is 2.21. The van der Waals surface area contributed by atoms with Crippen molar-refractivity contribution in [3.8, 4) is 5.75 Å². The molecule has 0 radical (unpaired) electrons. The lowest BCUT2D eigenvalue weighted by Gasteiger charge is -2.21. The molecule has 18 heavy (non-hydrogen) atoms. The molecular formula is C14H20N2O2. The molecule has 1 saturated heterocycles. The highest BCUT2D eigenvalue weighted by Crippen LogP contribution is 2.19. The largest absolute Gasteiger partial charge is 0.496 e.